The fourth-order valence-corrected chi connectivity index (χ4v) is 1.28. The summed E-state index contributed by atoms with van der Waals surface area (Å²) in [7, 11) is 0. The van der Waals surface area contributed by atoms with Crippen LogP contribution in [-0.2, 0) is 9.62 Å². The molecule has 0 unspecified atom stereocenters. The first-order chi connectivity index (χ1) is 7.73. The number of hydrogen-bond acceptors (Lipinski definition) is 4. The first-order valence-corrected chi connectivity index (χ1v) is 4.11. The maximum atomic E-state index is 12.6. The molecule has 18 heavy (non-hydrogen) atoms. The Labute approximate surface area is 95.8 Å². The van der Waals surface area contributed by atoms with Crippen LogP contribution in [-0.4, -0.2) is 40.1 Å². The monoisotopic (exact) mass is 286 g/mol. The molecule has 0 radical (unpaired) electrons. The first-order valence-electron chi connectivity index (χ1n) is 4.11. The zero-order valence-electron chi connectivity index (χ0n) is 8.89. The quantitative estimate of drug-likeness (QED) is 0.361. The zero-order valence-corrected chi connectivity index (χ0v) is 8.89. The molecular formula is C7H8F6O5. The predicted octanol–water partition coefficient (Wildman–Crippen LogP) is 2.81. The van der Waals surface area contributed by atoms with Crippen molar-refractivity contribution < 1.29 is 51.1 Å². The van der Waals surface area contributed by atoms with Crippen LogP contribution < -0.4 is 0 Å². The average Bonchev–Trinajstić information content (AvgIpc) is 2.09. The molecule has 0 heterocycles. The molecule has 0 bridgehead atoms. The Balaban J connectivity index is 6.15. The summed E-state index contributed by atoms with van der Waals surface area (Å²) in [5, 5.41) is 16.3. The Morgan fingerprint density at radius 2 is 1.33 bits per heavy atom. The molecule has 5 nitrogen and oxygen atoms in total. The molecule has 0 spiro atoms. The van der Waals surface area contributed by atoms with Gasteiger partial charge < -0.3 is 9.84 Å². The molecule has 0 aliphatic carbocycles. The number of alkyl halides is 6. The van der Waals surface area contributed by atoms with Crippen LogP contribution in [0, 0.1) is 0 Å². The lowest BCUT2D eigenvalue weighted by Crippen LogP contribution is -2.71. The second-order valence-electron chi connectivity index (χ2n) is 3.65. The van der Waals surface area contributed by atoms with E-state index < -0.39 is 29.7 Å². The normalized spacial score (nSPS) is 14.5. The van der Waals surface area contributed by atoms with Crippen LogP contribution >= 0.6 is 0 Å². The van der Waals surface area contributed by atoms with Crippen LogP contribution in [0.3, 0.4) is 0 Å². The summed E-state index contributed by atoms with van der Waals surface area (Å²) in [6, 6.07) is 0. The van der Waals surface area contributed by atoms with Gasteiger partial charge in [-0.1, -0.05) is 0 Å². The molecule has 0 aliphatic rings. The molecular weight excluding hydrogens is 278 g/mol. The molecule has 0 rings (SSSR count). The van der Waals surface area contributed by atoms with Crippen LogP contribution in [0.5, 0.6) is 0 Å². The van der Waals surface area contributed by atoms with Crippen molar-refractivity contribution in [2.75, 3.05) is 0 Å². The topological polar surface area (TPSA) is 76.0 Å². The number of carbonyl (C=O) groups is 1. The van der Waals surface area contributed by atoms with Crippen molar-refractivity contribution in [2.45, 2.75) is 37.4 Å². The molecule has 0 aromatic rings. The maximum absolute atomic E-state index is 12.6. The van der Waals surface area contributed by atoms with Gasteiger partial charge in [0.2, 0.25) is 0 Å². The predicted molar refractivity (Wildman–Crippen MR) is 41.7 cm³/mol. The molecule has 108 valence electrons. The molecule has 0 aromatic heterocycles. The largest absolute Gasteiger partial charge is 0.507 e. The minimum atomic E-state index is -6.20. The fraction of sp³-hybridized carbons (Fsp3) is 0.857. The van der Waals surface area contributed by atoms with Crippen LogP contribution in [0.25, 0.3) is 0 Å². The third-order valence-electron chi connectivity index (χ3n) is 2.11. The fourth-order valence-electron chi connectivity index (χ4n) is 1.28. The molecule has 0 atom stereocenters. The van der Waals surface area contributed by atoms with Gasteiger partial charge in [-0.25, -0.2) is 9.68 Å². The third-order valence-corrected chi connectivity index (χ3v) is 2.11. The van der Waals surface area contributed by atoms with Crippen molar-refractivity contribution in [1.29, 1.82) is 0 Å². The number of carboxylic acid groups (broad SMARTS) is 1. The summed E-state index contributed by atoms with van der Waals surface area (Å²) >= 11 is 0. The van der Waals surface area contributed by atoms with Gasteiger partial charge in [-0.05, 0) is 13.8 Å². The average molecular weight is 286 g/mol. The van der Waals surface area contributed by atoms with Gasteiger partial charge in [-0.3, -0.25) is 5.26 Å². The van der Waals surface area contributed by atoms with Gasteiger partial charge in [-0.2, -0.15) is 26.3 Å². The maximum Gasteiger partial charge on any atom is 0.507 e. The Kier molecular flexibility index (Phi) is 4.16. The zero-order chi connectivity index (χ0) is 15.0. The highest BCUT2D eigenvalue weighted by molar-refractivity contribution is 5.58. The molecule has 0 aliphatic heterocycles. The second-order valence-corrected chi connectivity index (χ2v) is 3.65. The minimum absolute atomic E-state index is 0.178. The summed E-state index contributed by atoms with van der Waals surface area (Å²) in [6.07, 6.45) is -15.2. The number of hydrogen-bond donors (Lipinski definition) is 2. The van der Waals surface area contributed by atoms with Gasteiger partial charge in [0.15, 0.2) is 5.60 Å². The van der Waals surface area contributed by atoms with Crippen molar-refractivity contribution >= 4 is 6.16 Å². The molecule has 0 saturated carbocycles. The van der Waals surface area contributed by atoms with Gasteiger partial charge in [-0.15, -0.1) is 0 Å². The third kappa shape index (κ3) is 2.46. The van der Waals surface area contributed by atoms with E-state index in [4.69, 9.17) is 10.4 Å². The highest BCUT2D eigenvalue weighted by Crippen LogP contribution is 2.53. The SMILES string of the molecule is CC(C)(OO)C(OC(=O)O)(C(F)(F)F)C(F)(F)F. The van der Waals surface area contributed by atoms with E-state index in [0.29, 0.717) is 0 Å². The van der Waals surface area contributed by atoms with E-state index in [9.17, 15) is 31.1 Å². The van der Waals surface area contributed by atoms with Gasteiger partial charge in [0.05, 0.1) is 0 Å². The summed E-state index contributed by atoms with van der Waals surface area (Å²) < 4.78 is 78.7. The van der Waals surface area contributed by atoms with E-state index in [1.54, 1.807) is 0 Å². The first kappa shape index (κ1) is 16.8. The Morgan fingerprint density at radius 3 is 1.50 bits per heavy atom. The lowest BCUT2D eigenvalue weighted by Gasteiger charge is -2.43. The summed E-state index contributed by atoms with van der Waals surface area (Å²) in [5.74, 6) is 0. The van der Waals surface area contributed by atoms with Crippen LogP contribution in [0.2, 0.25) is 0 Å². The summed E-state index contributed by atoms with van der Waals surface area (Å²) in [6.45, 7) is 0.355. The standard InChI is InChI=1S/C7H8F6O5/c1-4(2,18-16)5(6(8,9)10,7(11,12)13)17-3(14)15/h16H,1-2H3,(H,14,15). The van der Waals surface area contributed by atoms with Gasteiger partial charge >= 0.3 is 24.1 Å². The Hall–Kier alpha value is -1.23. The molecule has 0 amide bonds. The van der Waals surface area contributed by atoms with Crippen LogP contribution in [0.4, 0.5) is 31.1 Å². The summed E-state index contributed by atoms with van der Waals surface area (Å²) in [5.41, 5.74) is -8.67. The van der Waals surface area contributed by atoms with Gasteiger partial charge in [0, 0.05) is 0 Å². The Morgan fingerprint density at radius 1 is 1.00 bits per heavy atom. The van der Waals surface area contributed by atoms with Crippen molar-refractivity contribution in [3.63, 3.8) is 0 Å². The van der Waals surface area contributed by atoms with Gasteiger partial charge in [0.1, 0.15) is 0 Å². The van der Waals surface area contributed by atoms with E-state index in [0.717, 1.165) is 0 Å². The molecule has 0 fully saturated rings. The molecule has 0 saturated heterocycles. The van der Waals surface area contributed by atoms with E-state index in [1.165, 1.54) is 0 Å². The number of ether oxygens (including phenoxy) is 1. The highest BCUT2D eigenvalue weighted by atomic mass is 19.4. The Bertz CT molecular complexity index is 305. The summed E-state index contributed by atoms with van der Waals surface area (Å²) in [4.78, 5) is 13.2. The highest BCUT2D eigenvalue weighted by Gasteiger charge is 2.82. The van der Waals surface area contributed by atoms with Crippen molar-refractivity contribution in [3.8, 4) is 0 Å². The van der Waals surface area contributed by atoms with Crippen molar-refractivity contribution in [1.82, 2.24) is 0 Å². The lowest BCUT2D eigenvalue weighted by molar-refractivity contribution is -0.454. The minimum Gasteiger partial charge on any atom is -0.450 e. The van der Waals surface area contributed by atoms with E-state index in [2.05, 4.69) is 9.62 Å². The van der Waals surface area contributed by atoms with E-state index in [-0.39, 0.29) is 13.8 Å². The lowest BCUT2D eigenvalue weighted by atomic mass is 9.84. The van der Waals surface area contributed by atoms with E-state index in [1.807, 2.05) is 0 Å². The van der Waals surface area contributed by atoms with Crippen LogP contribution in [0.1, 0.15) is 13.8 Å². The number of rotatable bonds is 3. The molecule has 2 N–H and O–H groups in total. The molecule has 0 aromatic carbocycles. The van der Waals surface area contributed by atoms with Crippen LogP contribution in [0.15, 0.2) is 0 Å². The van der Waals surface area contributed by atoms with Crippen molar-refractivity contribution in [3.05, 3.63) is 0 Å². The smallest absolute Gasteiger partial charge is 0.450 e. The van der Waals surface area contributed by atoms with E-state index >= 15 is 0 Å². The van der Waals surface area contributed by atoms with Gasteiger partial charge in [0.25, 0.3) is 0 Å². The molecule has 11 heteroatoms. The second kappa shape index (κ2) is 4.46. The van der Waals surface area contributed by atoms with Crippen molar-refractivity contribution in [2.24, 2.45) is 0 Å². The number of halogens is 6.